The summed E-state index contributed by atoms with van der Waals surface area (Å²) >= 11 is 0. The molecule has 20 heavy (non-hydrogen) atoms. The van der Waals surface area contributed by atoms with E-state index in [1.807, 2.05) is 51.1 Å². The van der Waals surface area contributed by atoms with Crippen molar-refractivity contribution in [3.63, 3.8) is 0 Å². The van der Waals surface area contributed by atoms with Crippen molar-refractivity contribution in [2.24, 2.45) is 0 Å². The largest absolute Gasteiger partial charge is 0.359 e. The Balaban J connectivity index is 1.98. The van der Waals surface area contributed by atoms with Crippen LogP contribution >= 0.6 is 0 Å². The molecule has 4 heteroatoms. The average Bonchev–Trinajstić information content (AvgIpc) is 2.86. The molecule has 1 aromatic heterocycles. The van der Waals surface area contributed by atoms with Crippen LogP contribution in [0.1, 0.15) is 32.1 Å². The molecule has 1 amide bonds. The van der Waals surface area contributed by atoms with Gasteiger partial charge in [-0.2, -0.15) is 0 Å². The minimum Gasteiger partial charge on any atom is -0.359 e. The van der Waals surface area contributed by atoms with Crippen molar-refractivity contribution in [1.29, 1.82) is 0 Å². The molecule has 0 aliphatic carbocycles. The number of carbonyl (C=O) groups is 1. The molecule has 1 heterocycles. The quantitative estimate of drug-likeness (QED) is 0.866. The molecule has 0 saturated carbocycles. The molecule has 2 aromatic rings. The second kappa shape index (κ2) is 5.74. The number of aromatic nitrogens is 1. The van der Waals surface area contributed by atoms with Crippen molar-refractivity contribution in [3.8, 4) is 0 Å². The van der Waals surface area contributed by atoms with Crippen molar-refractivity contribution in [2.45, 2.75) is 26.2 Å². The molecule has 1 aromatic carbocycles. The first-order valence-corrected chi connectivity index (χ1v) is 6.46. The predicted molar refractivity (Wildman–Crippen MR) is 79.3 cm³/mol. The topological polar surface area (TPSA) is 55.1 Å². The van der Waals surface area contributed by atoms with Gasteiger partial charge in [-0.25, -0.2) is 0 Å². The fraction of sp³-hybridized carbons (Fsp3) is 0.250. The number of amides is 1. The Labute approximate surface area is 118 Å². The molecular weight excluding hydrogens is 252 g/mol. The summed E-state index contributed by atoms with van der Waals surface area (Å²) in [6.45, 7) is 6.07. The third-order valence-corrected chi connectivity index (χ3v) is 2.73. The highest BCUT2D eigenvalue weighted by Gasteiger charge is 2.19. The van der Waals surface area contributed by atoms with E-state index in [9.17, 15) is 4.79 Å². The maximum atomic E-state index is 11.8. The minimum atomic E-state index is -0.234. The standard InChI is InChI=1S/C16H18N2O2/c1-16(2,3)13-11-14(18-20-13)17-15(19)10-9-12-7-5-4-6-8-12/h4-11H,1-3H3,(H,17,18,19)/b10-9+. The highest BCUT2D eigenvalue weighted by molar-refractivity contribution is 6.01. The predicted octanol–water partition coefficient (Wildman–Crippen LogP) is 3.62. The number of carbonyl (C=O) groups excluding carboxylic acids is 1. The number of rotatable bonds is 3. The number of nitrogens with zero attached hydrogens (tertiary/aromatic N) is 1. The molecule has 0 aliphatic heterocycles. The van der Waals surface area contributed by atoms with Gasteiger partial charge in [0.15, 0.2) is 5.82 Å². The van der Waals surface area contributed by atoms with E-state index in [0.717, 1.165) is 11.3 Å². The van der Waals surface area contributed by atoms with Crippen LogP contribution in [-0.4, -0.2) is 11.1 Å². The van der Waals surface area contributed by atoms with Crippen LogP contribution in [-0.2, 0) is 10.2 Å². The monoisotopic (exact) mass is 270 g/mol. The second-order valence-electron chi connectivity index (χ2n) is 5.56. The molecule has 104 valence electrons. The smallest absolute Gasteiger partial charge is 0.249 e. The summed E-state index contributed by atoms with van der Waals surface area (Å²) in [4.78, 5) is 11.8. The lowest BCUT2D eigenvalue weighted by molar-refractivity contribution is -0.111. The molecule has 0 spiro atoms. The van der Waals surface area contributed by atoms with Crippen LogP contribution in [0.5, 0.6) is 0 Å². The van der Waals surface area contributed by atoms with Gasteiger partial charge < -0.3 is 9.84 Å². The zero-order valence-electron chi connectivity index (χ0n) is 11.9. The van der Waals surface area contributed by atoms with Crippen LogP contribution in [0.15, 0.2) is 47.0 Å². The van der Waals surface area contributed by atoms with Gasteiger partial charge in [-0.3, -0.25) is 4.79 Å². The molecule has 0 aliphatic rings. The van der Waals surface area contributed by atoms with E-state index in [1.165, 1.54) is 6.08 Å². The normalized spacial score (nSPS) is 11.8. The summed E-state index contributed by atoms with van der Waals surface area (Å²) in [5.41, 5.74) is 0.841. The Morgan fingerprint density at radius 1 is 1.25 bits per heavy atom. The highest BCUT2D eigenvalue weighted by Crippen LogP contribution is 2.24. The third kappa shape index (κ3) is 3.82. The van der Waals surface area contributed by atoms with E-state index in [0.29, 0.717) is 5.82 Å². The zero-order valence-corrected chi connectivity index (χ0v) is 11.9. The zero-order chi connectivity index (χ0) is 14.6. The van der Waals surface area contributed by atoms with Crippen LogP contribution in [0, 0.1) is 0 Å². The molecule has 2 rings (SSSR count). The number of anilines is 1. The lowest BCUT2D eigenvalue weighted by Crippen LogP contribution is -2.10. The summed E-state index contributed by atoms with van der Waals surface area (Å²) < 4.78 is 5.20. The molecule has 1 N–H and O–H groups in total. The molecule has 0 radical (unpaired) electrons. The van der Waals surface area contributed by atoms with E-state index in [-0.39, 0.29) is 11.3 Å². The Morgan fingerprint density at radius 3 is 2.55 bits per heavy atom. The van der Waals surface area contributed by atoms with Crippen molar-refractivity contribution in [3.05, 3.63) is 53.8 Å². The fourth-order valence-electron chi connectivity index (χ4n) is 1.59. The summed E-state index contributed by atoms with van der Waals surface area (Å²) in [5, 5.41) is 6.51. The Hall–Kier alpha value is -2.36. The van der Waals surface area contributed by atoms with Gasteiger partial charge in [-0.05, 0) is 11.6 Å². The van der Waals surface area contributed by atoms with Gasteiger partial charge in [0.25, 0.3) is 0 Å². The number of nitrogens with one attached hydrogen (secondary N) is 1. The van der Waals surface area contributed by atoms with E-state index < -0.39 is 0 Å². The van der Waals surface area contributed by atoms with Gasteiger partial charge in [0.05, 0.1) is 0 Å². The van der Waals surface area contributed by atoms with Crippen LogP contribution in [0.4, 0.5) is 5.82 Å². The Kier molecular flexibility index (Phi) is 4.03. The maximum Gasteiger partial charge on any atom is 0.249 e. The highest BCUT2D eigenvalue weighted by atomic mass is 16.5. The van der Waals surface area contributed by atoms with Gasteiger partial charge in [0.2, 0.25) is 5.91 Å². The number of hydrogen-bond acceptors (Lipinski definition) is 3. The van der Waals surface area contributed by atoms with Gasteiger partial charge in [0.1, 0.15) is 5.76 Å². The lowest BCUT2D eigenvalue weighted by atomic mass is 9.93. The lowest BCUT2D eigenvalue weighted by Gasteiger charge is -2.11. The molecule has 0 atom stereocenters. The first kappa shape index (κ1) is 14.1. The van der Waals surface area contributed by atoms with Crippen molar-refractivity contribution < 1.29 is 9.32 Å². The first-order chi connectivity index (χ1) is 9.45. The SMILES string of the molecule is CC(C)(C)c1cc(NC(=O)/C=C/c2ccccc2)no1. The van der Waals surface area contributed by atoms with Gasteiger partial charge in [0, 0.05) is 17.6 Å². The van der Waals surface area contributed by atoms with E-state index in [4.69, 9.17) is 4.52 Å². The first-order valence-electron chi connectivity index (χ1n) is 6.46. The van der Waals surface area contributed by atoms with Crippen LogP contribution in [0.3, 0.4) is 0 Å². The summed E-state index contributed by atoms with van der Waals surface area (Å²) in [6, 6.07) is 11.4. The van der Waals surface area contributed by atoms with Crippen molar-refractivity contribution in [1.82, 2.24) is 5.16 Å². The molecule has 4 nitrogen and oxygen atoms in total. The van der Waals surface area contributed by atoms with Crippen molar-refractivity contribution in [2.75, 3.05) is 5.32 Å². The summed E-state index contributed by atoms with van der Waals surface area (Å²) in [6.07, 6.45) is 3.22. The molecule has 0 fully saturated rings. The summed E-state index contributed by atoms with van der Waals surface area (Å²) in [7, 11) is 0. The van der Waals surface area contributed by atoms with E-state index >= 15 is 0 Å². The molecular formula is C16H18N2O2. The number of hydrogen-bond donors (Lipinski definition) is 1. The molecule has 0 saturated heterocycles. The maximum absolute atomic E-state index is 11.8. The second-order valence-corrected chi connectivity index (χ2v) is 5.56. The van der Waals surface area contributed by atoms with Gasteiger partial charge >= 0.3 is 0 Å². The molecule has 0 unspecified atom stereocenters. The Morgan fingerprint density at radius 2 is 1.95 bits per heavy atom. The summed E-state index contributed by atoms with van der Waals surface area (Å²) in [5.74, 6) is 0.931. The third-order valence-electron chi connectivity index (χ3n) is 2.73. The van der Waals surface area contributed by atoms with Crippen LogP contribution < -0.4 is 5.32 Å². The fourth-order valence-corrected chi connectivity index (χ4v) is 1.59. The van der Waals surface area contributed by atoms with Gasteiger partial charge in [-0.1, -0.05) is 56.3 Å². The van der Waals surface area contributed by atoms with Crippen molar-refractivity contribution >= 4 is 17.8 Å². The van der Waals surface area contributed by atoms with Gasteiger partial charge in [-0.15, -0.1) is 0 Å². The Bertz CT molecular complexity index is 607. The van der Waals surface area contributed by atoms with Crippen LogP contribution in [0.25, 0.3) is 6.08 Å². The van der Waals surface area contributed by atoms with E-state index in [2.05, 4.69) is 10.5 Å². The molecule has 0 bridgehead atoms. The van der Waals surface area contributed by atoms with Crippen LogP contribution in [0.2, 0.25) is 0 Å². The average molecular weight is 270 g/mol. The van der Waals surface area contributed by atoms with E-state index in [1.54, 1.807) is 12.1 Å². The minimum absolute atomic E-state index is 0.129. The number of benzene rings is 1.